The predicted molar refractivity (Wildman–Crippen MR) is 94.2 cm³/mol. The maximum atomic E-state index is 11.8. The fourth-order valence-electron chi connectivity index (χ4n) is 2.89. The third-order valence-electron chi connectivity index (χ3n) is 4.39. The number of hydrogen-bond donors (Lipinski definition) is 2. The molecule has 0 unspecified atom stereocenters. The first kappa shape index (κ1) is 20.7. The molecule has 1 rings (SSSR count). The molecular weight excluding hydrogens is 308 g/mol. The van der Waals surface area contributed by atoms with E-state index in [4.69, 9.17) is 9.84 Å². The summed E-state index contributed by atoms with van der Waals surface area (Å²) in [6.07, 6.45) is 11.7. The number of unbranched alkanes of at least 4 members (excludes halogenated alkanes) is 9. The summed E-state index contributed by atoms with van der Waals surface area (Å²) in [5, 5.41) is 11.5. The number of carboxylic acid groups (broad SMARTS) is 1. The quantitative estimate of drug-likeness (QED) is 0.503. The summed E-state index contributed by atoms with van der Waals surface area (Å²) in [5.74, 6) is -0.684. The van der Waals surface area contributed by atoms with Crippen molar-refractivity contribution < 1.29 is 19.4 Å². The van der Waals surface area contributed by atoms with Crippen LogP contribution in [0, 0.1) is 0 Å². The van der Waals surface area contributed by atoms with Crippen LogP contribution in [-0.4, -0.2) is 54.9 Å². The topological polar surface area (TPSA) is 78.9 Å². The minimum Gasteiger partial charge on any atom is -0.481 e. The van der Waals surface area contributed by atoms with Gasteiger partial charge in [-0.25, -0.2) is 4.79 Å². The van der Waals surface area contributed by atoms with Gasteiger partial charge in [-0.3, -0.25) is 4.79 Å². The Kier molecular flexibility index (Phi) is 12.2. The normalized spacial score (nSPS) is 14.6. The SMILES string of the molecule is O=C(O)CCCCCCCCCCCCNC(=O)N1CCOCC1. The lowest BCUT2D eigenvalue weighted by Crippen LogP contribution is -2.46. The Bertz CT molecular complexity index is 344. The highest BCUT2D eigenvalue weighted by atomic mass is 16.5. The number of nitrogens with one attached hydrogen (secondary N) is 1. The molecule has 6 heteroatoms. The summed E-state index contributed by atoms with van der Waals surface area (Å²) in [6, 6.07) is 0.0428. The first-order chi connectivity index (χ1) is 11.7. The standard InChI is InChI=1S/C18H34N2O4/c21-17(22)11-9-7-5-3-1-2-4-6-8-10-12-19-18(23)20-13-15-24-16-14-20/h1-16H2,(H,19,23)(H,21,22). The van der Waals surface area contributed by atoms with E-state index in [0.29, 0.717) is 32.7 Å². The van der Waals surface area contributed by atoms with Crippen LogP contribution < -0.4 is 5.32 Å². The van der Waals surface area contributed by atoms with Gasteiger partial charge in [0, 0.05) is 26.1 Å². The van der Waals surface area contributed by atoms with Gasteiger partial charge in [0.05, 0.1) is 13.2 Å². The van der Waals surface area contributed by atoms with E-state index in [1.807, 2.05) is 4.90 Å². The molecular formula is C18H34N2O4. The lowest BCUT2D eigenvalue weighted by atomic mass is 10.1. The largest absolute Gasteiger partial charge is 0.481 e. The van der Waals surface area contributed by atoms with Gasteiger partial charge in [0.2, 0.25) is 0 Å². The Morgan fingerprint density at radius 2 is 1.33 bits per heavy atom. The molecule has 1 heterocycles. The average molecular weight is 342 g/mol. The molecule has 2 amide bonds. The van der Waals surface area contributed by atoms with Gasteiger partial charge in [0.1, 0.15) is 0 Å². The highest BCUT2D eigenvalue weighted by Gasteiger charge is 2.15. The number of morpholine rings is 1. The van der Waals surface area contributed by atoms with Crippen molar-refractivity contribution in [2.24, 2.45) is 0 Å². The van der Waals surface area contributed by atoms with E-state index in [-0.39, 0.29) is 6.03 Å². The van der Waals surface area contributed by atoms with Crippen LogP contribution in [0.5, 0.6) is 0 Å². The Balaban J connectivity index is 1.77. The van der Waals surface area contributed by atoms with Gasteiger partial charge >= 0.3 is 12.0 Å². The third kappa shape index (κ3) is 11.3. The number of rotatable bonds is 13. The second-order valence-electron chi connectivity index (χ2n) is 6.51. The molecule has 2 N–H and O–H groups in total. The predicted octanol–water partition coefficient (Wildman–Crippen LogP) is 3.40. The van der Waals surface area contributed by atoms with Gasteiger partial charge in [-0.2, -0.15) is 0 Å². The Hall–Kier alpha value is -1.30. The lowest BCUT2D eigenvalue weighted by molar-refractivity contribution is -0.137. The zero-order valence-corrected chi connectivity index (χ0v) is 14.9. The molecule has 0 aromatic heterocycles. The van der Waals surface area contributed by atoms with Crippen LogP contribution in [0.2, 0.25) is 0 Å². The number of nitrogens with zero attached hydrogens (tertiary/aromatic N) is 1. The van der Waals surface area contributed by atoms with E-state index in [1.165, 1.54) is 38.5 Å². The van der Waals surface area contributed by atoms with Gasteiger partial charge < -0.3 is 20.1 Å². The van der Waals surface area contributed by atoms with Crippen LogP contribution in [-0.2, 0) is 9.53 Å². The van der Waals surface area contributed by atoms with E-state index < -0.39 is 5.97 Å². The number of aliphatic carboxylic acids is 1. The fourth-order valence-corrected chi connectivity index (χ4v) is 2.89. The van der Waals surface area contributed by atoms with Crippen molar-refractivity contribution in [2.75, 3.05) is 32.8 Å². The summed E-state index contributed by atoms with van der Waals surface area (Å²) in [5.41, 5.74) is 0. The summed E-state index contributed by atoms with van der Waals surface area (Å²) < 4.78 is 5.23. The summed E-state index contributed by atoms with van der Waals surface area (Å²) in [4.78, 5) is 24.0. The van der Waals surface area contributed by atoms with Crippen LogP contribution in [0.4, 0.5) is 4.79 Å². The van der Waals surface area contributed by atoms with Gasteiger partial charge in [-0.05, 0) is 12.8 Å². The number of carboxylic acids is 1. The molecule has 0 bridgehead atoms. The first-order valence-corrected chi connectivity index (χ1v) is 9.52. The number of ether oxygens (including phenoxy) is 1. The van der Waals surface area contributed by atoms with Crippen molar-refractivity contribution in [3.8, 4) is 0 Å². The Morgan fingerprint density at radius 1 is 0.833 bits per heavy atom. The smallest absolute Gasteiger partial charge is 0.317 e. The molecule has 0 radical (unpaired) electrons. The van der Waals surface area contributed by atoms with Gasteiger partial charge in [-0.1, -0.05) is 51.4 Å². The lowest BCUT2D eigenvalue weighted by Gasteiger charge is -2.26. The molecule has 1 fully saturated rings. The van der Waals surface area contributed by atoms with Crippen LogP contribution in [0.15, 0.2) is 0 Å². The molecule has 0 saturated carbocycles. The molecule has 140 valence electrons. The second-order valence-corrected chi connectivity index (χ2v) is 6.51. The van der Waals surface area contributed by atoms with Gasteiger partial charge in [0.15, 0.2) is 0 Å². The van der Waals surface area contributed by atoms with Gasteiger partial charge in [-0.15, -0.1) is 0 Å². The van der Waals surface area contributed by atoms with E-state index in [1.54, 1.807) is 0 Å². The van der Waals surface area contributed by atoms with Crippen LogP contribution in [0.25, 0.3) is 0 Å². The number of amides is 2. The molecule has 0 spiro atoms. The van der Waals surface area contributed by atoms with Crippen LogP contribution in [0.3, 0.4) is 0 Å². The van der Waals surface area contributed by atoms with Gasteiger partial charge in [0.25, 0.3) is 0 Å². The van der Waals surface area contributed by atoms with E-state index in [0.717, 1.165) is 32.2 Å². The zero-order chi connectivity index (χ0) is 17.5. The van der Waals surface area contributed by atoms with E-state index in [2.05, 4.69) is 5.32 Å². The molecule has 24 heavy (non-hydrogen) atoms. The van der Waals surface area contributed by atoms with Crippen molar-refractivity contribution in [3.63, 3.8) is 0 Å². The minimum atomic E-state index is -0.684. The molecule has 0 atom stereocenters. The van der Waals surface area contributed by atoms with E-state index in [9.17, 15) is 9.59 Å². The molecule has 1 saturated heterocycles. The highest BCUT2D eigenvalue weighted by molar-refractivity contribution is 5.74. The Morgan fingerprint density at radius 3 is 1.88 bits per heavy atom. The van der Waals surface area contributed by atoms with Crippen molar-refractivity contribution in [3.05, 3.63) is 0 Å². The maximum absolute atomic E-state index is 11.8. The maximum Gasteiger partial charge on any atom is 0.317 e. The molecule has 0 aromatic carbocycles. The molecule has 0 aliphatic carbocycles. The van der Waals surface area contributed by atoms with Crippen LogP contribution >= 0.6 is 0 Å². The second kappa shape index (κ2) is 14.1. The molecule has 0 aromatic rings. The van der Waals surface area contributed by atoms with Crippen molar-refractivity contribution in [2.45, 2.75) is 70.6 Å². The number of urea groups is 1. The highest BCUT2D eigenvalue weighted by Crippen LogP contribution is 2.11. The molecule has 1 aliphatic heterocycles. The zero-order valence-electron chi connectivity index (χ0n) is 14.9. The first-order valence-electron chi connectivity index (χ1n) is 9.52. The van der Waals surface area contributed by atoms with Crippen molar-refractivity contribution in [1.29, 1.82) is 0 Å². The summed E-state index contributed by atoms with van der Waals surface area (Å²) in [6.45, 7) is 3.45. The van der Waals surface area contributed by atoms with E-state index >= 15 is 0 Å². The summed E-state index contributed by atoms with van der Waals surface area (Å²) in [7, 11) is 0. The minimum absolute atomic E-state index is 0.0428. The fraction of sp³-hybridized carbons (Fsp3) is 0.889. The number of carbonyl (C=O) groups excluding carboxylic acids is 1. The molecule has 1 aliphatic rings. The number of hydrogen-bond acceptors (Lipinski definition) is 3. The molecule has 6 nitrogen and oxygen atoms in total. The number of carbonyl (C=O) groups is 2. The van der Waals surface area contributed by atoms with Crippen molar-refractivity contribution in [1.82, 2.24) is 10.2 Å². The van der Waals surface area contributed by atoms with Crippen molar-refractivity contribution >= 4 is 12.0 Å². The summed E-state index contributed by atoms with van der Waals surface area (Å²) >= 11 is 0. The Labute approximate surface area is 145 Å². The monoisotopic (exact) mass is 342 g/mol. The van der Waals surface area contributed by atoms with Crippen LogP contribution in [0.1, 0.15) is 70.6 Å². The third-order valence-corrected chi connectivity index (χ3v) is 4.39. The average Bonchev–Trinajstić information content (AvgIpc) is 2.59.